The van der Waals surface area contributed by atoms with Crippen LogP contribution >= 0.6 is 0 Å². The van der Waals surface area contributed by atoms with Crippen molar-refractivity contribution in [2.24, 2.45) is 11.3 Å². The van der Waals surface area contributed by atoms with Gasteiger partial charge >= 0.3 is 0 Å². The van der Waals surface area contributed by atoms with E-state index in [1.54, 1.807) is 14.1 Å². The van der Waals surface area contributed by atoms with Gasteiger partial charge in [-0.3, -0.25) is 9.59 Å². The molecule has 0 bridgehead atoms. The third kappa shape index (κ3) is 8.09. The summed E-state index contributed by atoms with van der Waals surface area (Å²) in [4.78, 5) is 37.9. The Kier molecular flexibility index (Phi) is 11.5. The zero-order valence-electron chi connectivity index (χ0n) is 30.8. The van der Waals surface area contributed by atoms with Crippen LogP contribution in [0.4, 0.5) is 10.2 Å². The molecule has 0 atom stereocenters. The van der Waals surface area contributed by atoms with Gasteiger partial charge in [0.1, 0.15) is 17.9 Å². The quantitative estimate of drug-likeness (QED) is 0.316. The maximum absolute atomic E-state index is 14.4. The molecule has 284 valence electrons. The molecule has 0 saturated carbocycles. The Morgan fingerprint density at radius 3 is 2.25 bits per heavy atom. The van der Waals surface area contributed by atoms with Crippen molar-refractivity contribution < 1.29 is 27.1 Å². The number of ether oxygens (including phenoxy) is 1. The number of hydrogen-bond donors (Lipinski definition) is 0. The Hall–Kier alpha value is -3.73. The van der Waals surface area contributed by atoms with Crippen LogP contribution in [0.3, 0.4) is 0 Å². The fourth-order valence-corrected chi connectivity index (χ4v) is 9.79. The predicted octanol–water partition coefficient (Wildman–Crippen LogP) is 3.25. The number of piperazine rings is 1. The second-order valence-corrected chi connectivity index (χ2v) is 17.1. The molecule has 16 heteroatoms. The van der Waals surface area contributed by atoms with Gasteiger partial charge in [0.25, 0.3) is 22.0 Å². The number of carbonyl (C=O) groups excluding carboxylic acids is 2. The van der Waals surface area contributed by atoms with Crippen LogP contribution in [0.2, 0.25) is 0 Å². The van der Waals surface area contributed by atoms with Crippen molar-refractivity contribution in [2.75, 3.05) is 76.9 Å². The molecule has 1 aromatic heterocycles. The summed E-state index contributed by atoms with van der Waals surface area (Å²) in [7, 11) is -3.55. The van der Waals surface area contributed by atoms with E-state index in [1.807, 2.05) is 27.7 Å². The highest BCUT2D eigenvalue weighted by Gasteiger charge is 2.47. The molecule has 0 radical (unpaired) electrons. The SMILES string of the molecule is C=CC(=O)N1CCN(S(=O)(=O)N2CCC(CN3CCC4(CC3)CN(c3ncnnc3Oc3ccc(F)cc3C(=O)N(C(C)C)C(C)C)C4)CC2)CC1. The van der Waals surface area contributed by atoms with E-state index in [0.717, 1.165) is 58.4 Å². The number of hydrogen-bond acceptors (Lipinski definition) is 10. The average Bonchev–Trinajstić information content (AvgIpc) is 3.11. The van der Waals surface area contributed by atoms with Crippen molar-refractivity contribution in [3.8, 4) is 11.6 Å². The molecule has 0 unspecified atom stereocenters. The summed E-state index contributed by atoms with van der Waals surface area (Å²) in [5.41, 5.74) is 0.276. The number of nitrogens with zero attached hydrogens (tertiary/aromatic N) is 9. The largest absolute Gasteiger partial charge is 0.434 e. The molecule has 4 fully saturated rings. The number of anilines is 1. The highest BCUT2D eigenvalue weighted by atomic mass is 32.2. The summed E-state index contributed by atoms with van der Waals surface area (Å²) in [5, 5.41) is 8.17. The lowest BCUT2D eigenvalue weighted by Crippen LogP contribution is -2.61. The Bertz CT molecular complexity index is 1700. The van der Waals surface area contributed by atoms with Gasteiger partial charge in [0, 0.05) is 76.4 Å². The molecule has 1 aromatic carbocycles. The summed E-state index contributed by atoms with van der Waals surface area (Å²) in [5.74, 6) is 0.359. The van der Waals surface area contributed by atoms with Crippen molar-refractivity contribution >= 4 is 27.8 Å². The number of piperidine rings is 2. The van der Waals surface area contributed by atoms with Gasteiger partial charge < -0.3 is 24.3 Å². The van der Waals surface area contributed by atoms with Crippen molar-refractivity contribution in [3.63, 3.8) is 0 Å². The Morgan fingerprint density at radius 1 is 1.00 bits per heavy atom. The van der Waals surface area contributed by atoms with E-state index in [2.05, 4.69) is 31.6 Å². The number of likely N-dealkylation sites (tertiary alicyclic amines) is 1. The minimum atomic E-state index is -3.55. The number of carbonyl (C=O) groups is 2. The molecule has 4 aliphatic rings. The fourth-order valence-electron chi connectivity index (χ4n) is 8.17. The third-order valence-corrected chi connectivity index (χ3v) is 13.1. The number of rotatable bonds is 11. The molecule has 4 saturated heterocycles. The van der Waals surface area contributed by atoms with Gasteiger partial charge in [-0.15, -0.1) is 10.2 Å². The number of aromatic nitrogens is 3. The first-order chi connectivity index (χ1) is 24.8. The number of halogens is 1. The van der Waals surface area contributed by atoms with Gasteiger partial charge in [-0.25, -0.2) is 9.37 Å². The van der Waals surface area contributed by atoms with E-state index in [0.29, 0.717) is 51.0 Å². The second-order valence-electron chi connectivity index (χ2n) is 15.2. The van der Waals surface area contributed by atoms with Crippen LogP contribution in [-0.2, 0) is 15.0 Å². The normalized spacial score (nSPS) is 20.7. The van der Waals surface area contributed by atoms with Gasteiger partial charge in [-0.1, -0.05) is 6.58 Å². The lowest BCUT2D eigenvalue weighted by Gasteiger charge is -2.54. The van der Waals surface area contributed by atoms with Gasteiger partial charge in [-0.2, -0.15) is 17.0 Å². The predicted molar refractivity (Wildman–Crippen MR) is 195 cm³/mol. The van der Waals surface area contributed by atoms with E-state index in [-0.39, 0.29) is 46.5 Å². The van der Waals surface area contributed by atoms with Crippen LogP contribution < -0.4 is 9.64 Å². The number of amides is 2. The topological polar surface area (TPSA) is 136 Å². The van der Waals surface area contributed by atoms with Crippen LogP contribution in [-0.4, -0.2) is 143 Å². The monoisotopic (exact) mass is 741 g/mol. The highest BCUT2D eigenvalue weighted by Crippen LogP contribution is 2.44. The molecular weight excluding hydrogens is 690 g/mol. The minimum absolute atomic E-state index is 0.0897. The molecule has 0 N–H and O–H groups in total. The summed E-state index contributed by atoms with van der Waals surface area (Å²) in [6, 6.07) is 3.74. The van der Waals surface area contributed by atoms with Crippen LogP contribution in [0, 0.1) is 17.2 Å². The molecule has 0 aliphatic carbocycles. The average molecular weight is 742 g/mol. The molecule has 52 heavy (non-hydrogen) atoms. The molecule has 2 aromatic rings. The van der Waals surface area contributed by atoms with Gasteiger partial charge in [-0.05, 0) is 96.7 Å². The Balaban J connectivity index is 0.992. The van der Waals surface area contributed by atoms with Crippen LogP contribution in [0.1, 0.15) is 63.7 Å². The smallest absolute Gasteiger partial charge is 0.282 e. The van der Waals surface area contributed by atoms with Gasteiger partial charge in [0.05, 0.1) is 5.56 Å². The van der Waals surface area contributed by atoms with Crippen molar-refractivity contribution in [2.45, 2.75) is 65.5 Å². The first kappa shape index (κ1) is 38.0. The van der Waals surface area contributed by atoms with Crippen LogP contribution in [0.15, 0.2) is 37.2 Å². The first-order valence-electron chi connectivity index (χ1n) is 18.4. The van der Waals surface area contributed by atoms with E-state index in [4.69, 9.17) is 4.74 Å². The summed E-state index contributed by atoms with van der Waals surface area (Å²) >= 11 is 0. The zero-order valence-corrected chi connectivity index (χ0v) is 31.6. The Morgan fingerprint density at radius 2 is 1.63 bits per heavy atom. The number of benzene rings is 1. The lowest BCUT2D eigenvalue weighted by molar-refractivity contribution is -0.127. The first-order valence-corrected chi connectivity index (χ1v) is 19.8. The fraction of sp³-hybridized carbons (Fsp3) is 0.639. The third-order valence-electron chi connectivity index (χ3n) is 11.0. The molecule has 2 amide bonds. The second kappa shape index (κ2) is 15.7. The molecule has 5 heterocycles. The molecular formula is C36H52FN9O5S. The molecule has 4 aliphatic heterocycles. The lowest BCUT2D eigenvalue weighted by atomic mass is 9.72. The van der Waals surface area contributed by atoms with Crippen molar-refractivity contribution in [3.05, 3.63) is 48.6 Å². The van der Waals surface area contributed by atoms with E-state index in [1.165, 1.54) is 34.9 Å². The van der Waals surface area contributed by atoms with E-state index < -0.39 is 16.0 Å². The van der Waals surface area contributed by atoms with E-state index in [9.17, 15) is 22.4 Å². The van der Waals surface area contributed by atoms with Gasteiger partial charge in [0.15, 0.2) is 5.82 Å². The minimum Gasteiger partial charge on any atom is -0.434 e. The molecule has 14 nitrogen and oxygen atoms in total. The van der Waals surface area contributed by atoms with Crippen molar-refractivity contribution in [1.29, 1.82) is 0 Å². The molecule has 1 spiro atoms. The van der Waals surface area contributed by atoms with Gasteiger partial charge in [0.2, 0.25) is 5.91 Å². The van der Waals surface area contributed by atoms with Crippen molar-refractivity contribution in [1.82, 2.24) is 38.5 Å². The highest BCUT2D eigenvalue weighted by molar-refractivity contribution is 7.86. The standard InChI is InChI=1S/C36H52FN9O5S/c1-6-32(47)42-17-19-45(20-18-42)52(49,50)44-13-9-28(10-14-44)22-41-15-11-36(12-16-41)23-43(24-36)33-34(40-39-25-38-33)51-31-8-7-29(37)21-30(31)35(48)46(26(2)3)27(4)5/h6-8,21,25-28H,1,9-20,22-24H2,2-5H3. The maximum Gasteiger partial charge on any atom is 0.282 e. The molecule has 6 rings (SSSR count). The van der Waals surface area contributed by atoms with Crippen LogP contribution in [0.25, 0.3) is 0 Å². The summed E-state index contributed by atoms with van der Waals surface area (Å²) in [6.45, 7) is 18.2. The van der Waals surface area contributed by atoms with Crippen LogP contribution in [0.5, 0.6) is 11.6 Å². The van der Waals surface area contributed by atoms with E-state index >= 15 is 0 Å². The zero-order chi connectivity index (χ0) is 37.2. The Labute approximate surface area is 306 Å². The summed E-state index contributed by atoms with van der Waals surface area (Å²) < 4.78 is 50.3. The summed E-state index contributed by atoms with van der Waals surface area (Å²) in [6.07, 6.45) is 6.41. The maximum atomic E-state index is 14.4.